The Morgan fingerprint density at radius 3 is 2.75 bits per heavy atom. The van der Waals surface area contributed by atoms with Crippen LogP contribution in [0.4, 0.5) is 4.39 Å². The van der Waals surface area contributed by atoms with Crippen molar-refractivity contribution in [3.8, 4) is 0 Å². The number of esters is 1. The fraction of sp³-hybridized carbons (Fsp3) is 0.125. The van der Waals surface area contributed by atoms with Gasteiger partial charge in [0.15, 0.2) is 0 Å². The topological polar surface area (TPSA) is 26.3 Å². The Morgan fingerprint density at radius 1 is 1.58 bits per heavy atom. The van der Waals surface area contributed by atoms with Gasteiger partial charge in [0.05, 0.1) is 7.11 Å². The summed E-state index contributed by atoms with van der Waals surface area (Å²) in [6.07, 6.45) is 0. The zero-order chi connectivity index (χ0) is 9.14. The van der Waals surface area contributed by atoms with Crippen molar-refractivity contribution in [3.05, 3.63) is 34.1 Å². The Labute approximate surface area is 77.5 Å². The summed E-state index contributed by atoms with van der Waals surface area (Å²) < 4.78 is 17.7. The molecule has 0 aliphatic heterocycles. The molecule has 0 atom stereocenters. The SMILES string of the molecule is COC(=O)c1c(F)cccc1Br. The van der Waals surface area contributed by atoms with Gasteiger partial charge >= 0.3 is 5.97 Å². The van der Waals surface area contributed by atoms with Crippen LogP contribution in [0.5, 0.6) is 0 Å². The first-order chi connectivity index (χ1) is 5.66. The van der Waals surface area contributed by atoms with Crippen LogP contribution < -0.4 is 0 Å². The first kappa shape index (κ1) is 9.19. The lowest BCUT2D eigenvalue weighted by atomic mass is 10.2. The maximum Gasteiger partial charge on any atom is 0.342 e. The summed E-state index contributed by atoms with van der Waals surface area (Å²) >= 11 is 3.05. The van der Waals surface area contributed by atoms with E-state index in [0.29, 0.717) is 4.47 Å². The number of rotatable bonds is 1. The van der Waals surface area contributed by atoms with E-state index >= 15 is 0 Å². The molecule has 0 saturated carbocycles. The highest BCUT2D eigenvalue weighted by molar-refractivity contribution is 9.10. The van der Waals surface area contributed by atoms with Gasteiger partial charge in [-0.05, 0) is 28.1 Å². The first-order valence-corrected chi connectivity index (χ1v) is 3.98. The predicted octanol–water partition coefficient (Wildman–Crippen LogP) is 2.37. The maximum atomic E-state index is 13.0. The lowest BCUT2D eigenvalue weighted by Crippen LogP contribution is -2.05. The molecule has 0 N–H and O–H groups in total. The molecule has 4 heteroatoms. The summed E-state index contributed by atoms with van der Waals surface area (Å²) in [6.45, 7) is 0. The Kier molecular flexibility index (Phi) is 2.81. The molecule has 2 nitrogen and oxygen atoms in total. The second kappa shape index (κ2) is 3.67. The zero-order valence-corrected chi connectivity index (χ0v) is 7.89. The van der Waals surface area contributed by atoms with Crippen LogP contribution in [0.1, 0.15) is 10.4 Å². The van der Waals surface area contributed by atoms with Crippen molar-refractivity contribution in [3.63, 3.8) is 0 Å². The minimum atomic E-state index is -0.681. The summed E-state index contributed by atoms with van der Waals surface area (Å²) in [5, 5.41) is 0. The van der Waals surface area contributed by atoms with Crippen LogP contribution in [-0.4, -0.2) is 13.1 Å². The number of halogens is 2. The average molecular weight is 233 g/mol. The van der Waals surface area contributed by atoms with Crippen LogP contribution in [0.15, 0.2) is 22.7 Å². The van der Waals surface area contributed by atoms with Crippen LogP contribution >= 0.6 is 15.9 Å². The van der Waals surface area contributed by atoms with Crippen molar-refractivity contribution in [2.45, 2.75) is 0 Å². The van der Waals surface area contributed by atoms with E-state index < -0.39 is 11.8 Å². The Morgan fingerprint density at radius 2 is 2.25 bits per heavy atom. The van der Waals surface area contributed by atoms with Crippen molar-refractivity contribution >= 4 is 21.9 Å². The Bertz CT molecular complexity index is 292. The fourth-order valence-electron chi connectivity index (χ4n) is 0.795. The summed E-state index contributed by atoms with van der Waals surface area (Å²) in [4.78, 5) is 11.0. The molecule has 0 heterocycles. The van der Waals surface area contributed by atoms with Gasteiger partial charge in [0, 0.05) is 4.47 Å². The van der Waals surface area contributed by atoms with Crippen molar-refractivity contribution in [1.82, 2.24) is 0 Å². The number of hydrogen-bond acceptors (Lipinski definition) is 2. The minimum absolute atomic E-state index is 0.0694. The standard InChI is InChI=1S/C8H6BrFO2/c1-12-8(11)7-5(9)3-2-4-6(7)10/h2-4H,1H3. The molecule has 0 fully saturated rings. The molecule has 12 heavy (non-hydrogen) atoms. The van der Waals surface area contributed by atoms with Crippen molar-refractivity contribution in [2.75, 3.05) is 7.11 Å². The van der Waals surface area contributed by atoms with Gasteiger partial charge in [0.2, 0.25) is 0 Å². The van der Waals surface area contributed by atoms with Gasteiger partial charge in [-0.3, -0.25) is 0 Å². The van der Waals surface area contributed by atoms with Gasteiger partial charge in [-0.1, -0.05) is 6.07 Å². The second-order valence-corrected chi connectivity index (χ2v) is 2.94. The molecular formula is C8H6BrFO2. The summed E-state index contributed by atoms with van der Waals surface area (Å²) in [5.74, 6) is -1.27. The van der Waals surface area contributed by atoms with Crippen molar-refractivity contribution in [2.24, 2.45) is 0 Å². The van der Waals surface area contributed by atoms with Crippen LogP contribution in [0.2, 0.25) is 0 Å². The molecule has 0 amide bonds. The highest BCUT2D eigenvalue weighted by Crippen LogP contribution is 2.19. The van der Waals surface area contributed by atoms with Gasteiger partial charge in [0.1, 0.15) is 11.4 Å². The van der Waals surface area contributed by atoms with E-state index in [-0.39, 0.29) is 5.56 Å². The van der Waals surface area contributed by atoms with Crippen molar-refractivity contribution in [1.29, 1.82) is 0 Å². The molecule has 64 valence electrons. The molecular weight excluding hydrogens is 227 g/mol. The largest absolute Gasteiger partial charge is 0.465 e. The van der Waals surface area contributed by atoms with E-state index in [0.717, 1.165) is 0 Å². The lowest BCUT2D eigenvalue weighted by molar-refractivity contribution is 0.0594. The van der Waals surface area contributed by atoms with Gasteiger partial charge in [0.25, 0.3) is 0 Å². The average Bonchev–Trinajstić information content (AvgIpc) is 2.03. The van der Waals surface area contributed by atoms with Gasteiger partial charge < -0.3 is 4.74 Å². The number of carbonyl (C=O) groups excluding carboxylic acids is 1. The van der Waals surface area contributed by atoms with E-state index in [4.69, 9.17) is 0 Å². The third-order valence-electron chi connectivity index (χ3n) is 1.35. The van der Waals surface area contributed by atoms with Crippen LogP contribution in [0.25, 0.3) is 0 Å². The van der Waals surface area contributed by atoms with Gasteiger partial charge in [-0.2, -0.15) is 0 Å². The molecule has 0 aliphatic carbocycles. The third-order valence-corrected chi connectivity index (χ3v) is 2.01. The van der Waals surface area contributed by atoms with Gasteiger partial charge in [-0.15, -0.1) is 0 Å². The Hall–Kier alpha value is -0.900. The normalized spacial score (nSPS) is 9.58. The van der Waals surface area contributed by atoms with Gasteiger partial charge in [-0.25, -0.2) is 9.18 Å². The van der Waals surface area contributed by atoms with E-state index in [9.17, 15) is 9.18 Å². The maximum absolute atomic E-state index is 13.0. The quantitative estimate of drug-likeness (QED) is 0.696. The van der Waals surface area contributed by atoms with E-state index in [1.54, 1.807) is 6.07 Å². The monoisotopic (exact) mass is 232 g/mol. The highest BCUT2D eigenvalue weighted by atomic mass is 79.9. The fourth-order valence-corrected chi connectivity index (χ4v) is 1.30. The Balaban J connectivity index is 3.21. The molecule has 0 saturated heterocycles. The first-order valence-electron chi connectivity index (χ1n) is 3.19. The number of ether oxygens (including phenoxy) is 1. The van der Waals surface area contributed by atoms with E-state index in [2.05, 4.69) is 20.7 Å². The minimum Gasteiger partial charge on any atom is -0.465 e. The molecule has 0 unspecified atom stereocenters. The third kappa shape index (κ3) is 1.64. The smallest absolute Gasteiger partial charge is 0.342 e. The molecule has 0 radical (unpaired) electrons. The molecule has 0 spiro atoms. The molecule has 1 rings (SSSR count). The van der Waals surface area contributed by atoms with E-state index in [1.165, 1.54) is 19.2 Å². The molecule has 1 aromatic carbocycles. The van der Waals surface area contributed by atoms with Crippen LogP contribution in [-0.2, 0) is 4.74 Å². The second-order valence-electron chi connectivity index (χ2n) is 2.09. The summed E-state index contributed by atoms with van der Waals surface area (Å²) in [5.41, 5.74) is -0.0694. The zero-order valence-electron chi connectivity index (χ0n) is 6.30. The molecule has 0 aromatic heterocycles. The number of methoxy groups -OCH3 is 1. The summed E-state index contributed by atoms with van der Waals surface area (Å²) in [6, 6.07) is 4.29. The number of benzene rings is 1. The highest BCUT2D eigenvalue weighted by Gasteiger charge is 2.14. The molecule has 0 bridgehead atoms. The van der Waals surface area contributed by atoms with Crippen LogP contribution in [0.3, 0.4) is 0 Å². The van der Waals surface area contributed by atoms with Crippen molar-refractivity contribution < 1.29 is 13.9 Å². The number of carbonyl (C=O) groups is 1. The molecule has 1 aromatic rings. The molecule has 0 aliphatic rings. The van der Waals surface area contributed by atoms with Crippen LogP contribution in [0, 0.1) is 5.82 Å². The van der Waals surface area contributed by atoms with E-state index in [1.807, 2.05) is 0 Å². The summed E-state index contributed by atoms with van der Waals surface area (Å²) in [7, 11) is 1.21. The number of hydrogen-bond donors (Lipinski definition) is 0. The predicted molar refractivity (Wildman–Crippen MR) is 45.4 cm³/mol. The lowest BCUT2D eigenvalue weighted by Gasteiger charge is -2.02.